The molecule has 1 saturated carbocycles. The van der Waals surface area contributed by atoms with Gasteiger partial charge in [0.15, 0.2) is 0 Å². The molecule has 2 aromatic carbocycles. The Hall–Kier alpha value is -2.50. The molecule has 0 spiro atoms. The Kier molecular flexibility index (Phi) is 5.32. The Balaban J connectivity index is 1.07. The lowest BCUT2D eigenvalue weighted by molar-refractivity contribution is 0.141. The van der Waals surface area contributed by atoms with E-state index in [4.69, 9.17) is 4.98 Å². The van der Waals surface area contributed by atoms with Crippen LogP contribution in [-0.4, -0.2) is 42.1 Å². The highest BCUT2D eigenvalue weighted by molar-refractivity contribution is 7.17. The first-order chi connectivity index (χ1) is 15.7. The first kappa shape index (κ1) is 20.1. The molecule has 2 fully saturated rings. The molecule has 0 atom stereocenters. The summed E-state index contributed by atoms with van der Waals surface area (Å²) in [6.45, 7) is 4.21. The molecule has 1 aliphatic heterocycles. The summed E-state index contributed by atoms with van der Waals surface area (Å²) in [7, 11) is 0. The van der Waals surface area contributed by atoms with Crippen LogP contribution in [0.15, 0.2) is 60.0 Å². The van der Waals surface area contributed by atoms with Crippen LogP contribution in [0.4, 0.5) is 10.2 Å². The normalized spacial score (nSPS) is 22.6. The third-order valence-corrected chi connectivity index (χ3v) is 8.42. The van der Waals surface area contributed by atoms with E-state index in [0.717, 1.165) is 48.8 Å². The molecule has 32 heavy (non-hydrogen) atoms. The summed E-state index contributed by atoms with van der Waals surface area (Å²) in [5, 5.41) is 4.74. The second-order valence-electron chi connectivity index (χ2n) is 9.22. The highest BCUT2D eigenvalue weighted by Crippen LogP contribution is 2.40. The lowest BCUT2D eigenvalue weighted by atomic mass is 9.81. The van der Waals surface area contributed by atoms with Crippen molar-refractivity contribution >= 4 is 38.1 Å². The minimum Gasteiger partial charge on any atom is -0.354 e. The number of thiophene rings is 1. The highest BCUT2D eigenvalue weighted by Gasteiger charge is 2.30. The van der Waals surface area contributed by atoms with E-state index in [2.05, 4.69) is 39.4 Å². The van der Waals surface area contributed by atoms with Crippen LogP contribution in [0.3, 0.4) is 0 Å². The van der Waals surface area contributed by atoms with Crippen LogP contribution in [0, 0.1) is 5.82 Å². The van der Waals surface area contributed by atoms with Crippen molar-refractivity contribution < 1.29 is 4.39 Å². The molecule has 2 aliphatic rings. The minimum absolute atomic E-state index is 0.206. The number of benzene rings is 2. The number of aromatic nitrogens is 1. The largest absolute Gasteiger partial charge is 0.354 e. The molecule has 3 nitrogen and oxygen atoms in total. The van der Waals surface area contributed by atoms with Crippen molar-refractivity contribution in [2.45, 2.75) is 37.6 Å². The van der Waals surface area contributed by atoms with Gasteiger partial charge in [-0.2, -0.15) is 0 Å². The zero-order chi connectivity index (χ0) is 21.5. The van der Waals surface area contributed by atoms with Crippen molar-refractivity contribution in [3.63, 3.8) is 0 Å². The first-order valence-corrected chi connectivity index (χ1v) is 12.6. The number of hydrogen-bond acceptors (Lipinski definition) is 4. The SMILES string of the molecule is Fc1ccc2nc(N3CCN(C4CCC(c5csc6ccccc56)CC4)CC3)ccc2c1. The summed E-state index contributed by atoms with van der Waals surface area (Å²) >= 11 is 1.90. The van der Waals surface area contributed by atoms with Crippen molar-refractivity contribution in [3.05, 3.63) is 71.4 Å². The predicted molar refractivity (Wildman–Crippen MR) is 132 cm³/mol. The van der Waals surface area contributed by atoms with Crippen LogP contribution in [0.1, 0.15) is 37.2 Å². The van der Waals surface area contributed by atoms with Crippen molar-refractivity contribution in [2.75, 3.05) is 31.1 Å². The average molecular weight is 446 g/mol. The minimum atomic E-state index is -0.206. The summed E-state index contributed by atoms with van der Waals surface area (Å²) in [5.74, 6) is 1.52. The molecule has 2 aromatic heterocycles. The van der Waals surface area contributed by atoms with E-state index in [9.17, 15) is 4.39 Å². The summed E-state index contributed by atoms with van der Waals surface area (Å²) in [5.41, 5.74) is 2.45. The number of nitrogens with zero attached hydrogens (tertiary/aromatic N) is 3. The Morgan fingerprint density at radius 1 is 0.875 bits per heavy atom. The molecular formula is C27H28FN3S. The summed E-state index contributed by atoms with van der Waals surface area (Å²) in [6.07, 6.45) is 5.20. The zero-order valence-electron chi connectivity index (χ0n) is 18.2. The zero-order valence-corrected chi connectivity index (χ0v) is 19.0. The van der Waals surface area contributed by atoms with Gasteiger partial charge in [-0.25, -0.2) is 9.37 Å². The first-order valence-electron chi connectivity index (χ1n) is 11.8. The molecule has 1 saturated heterocycles. The average Bonchev–Trinajstić information content (AvgIpc) is 3.28. The number of pyridine rings is 1. The lowest BCUT2D eigenvalue weighted by Crippen LogP contribution is -2.51. The maximum absolute atomic E-state index is 13.4. The van der Waals surface area contributed by atoms with Crippen molar-refractivity contribution in [3.8, 4) is 0 Å². The second-order valence-corrected chi connectivity index (χ2v) is 10.1. The molecule has 4 aromatic rings. The summed E-state index contributed by atoms with van der Waals surface area (Å²) in [6, 6.07) is 18.4. The quantitative estimate of drug-likeness (QED) is 0.362. The molecule has 5 heteroatoms. The Bertz CT molecular complexity index is 1240. The van der Waals surface area contributed by atoms with Crippen LogP contribution in [0.25, 0.3) is 21.0 Å². The van der Waals surface area contributed by atoms with Gasteiger partial charge in [-0.3, -0.25) is 4.90 Å². The van der Waals surface area contributed by atoms with Gasteiger partial charge >= 0.3 is 0 Å². The lowest BCUT2D eigenvalue weighted by Gasteiger charge is -2.42. The Morgan fingerprint density at radius 2 is 1.69 bits per heavy atom. The molecule has 0 bridgehead atoms. The van der Waals surface area contributed by atoms with Crippen LogP contribution in [0.5, 0.6) is 0 Å². The van der Waals surface area contributed by atoms with Crippen LogP contribution < -0.4 is 4.90 Å². The van der Waals surface area contributed by atoms with E-state index in [-0.39, 0.29) is 5.82 Å². The number of anilines is 1. The molecule has 0 radical (unpaired) electrons. The smallest absolute Gasteiger partial charge is 0.129 e. The van der Waals surface area contributed by atoms with Gasteiger partial charge in [0.25, 0.3) is 0 Å². The maximum atomic E-state index is 13.4. The number of hydrogen-bond donors (Lipinski definition) is 0. The maximum Gasteiger partial charge on any atom is 0.129 e. The van der Waals surface area contributed by atoms with Gasteiger partial charge in [-0.05, 0) is 84.3 Å². The predicted octanol–water partition coefficient (Wildman–Crippen LogP) is 6.44. The molecule has 0 unspecified atom stereocenters. The van der Waals surface area contributed by atoms with E-state index < -0.39 is 0 Å². The van der Waals surface area contributed by atoms with E-state index >= 15 is 0 Å². The van der Waals surface area contributed by atoms with Gasteiger partial charge in [0.1, 0.15) is 11.6 Å². The second kappa shape index (κ2) is 8.45. The van der Waals surface area contributed by atoms with E-state index in [1.165, 1.54) is 41.8 Å². The molecular weight excluding hydrogens is 417 g/mol. The van der Waals surface area contributed by atoms with E-state index in [0.29, 0.717) is 6.04 Å². The summed E-state index contributed by atoms with van der Waals surface area (Å²) in [4.78, 5) is 9.86. The molecule has 1 aliphatic carbocycles. The van der Waals surface area contributed by atoms with Gasteiger partial charge in [-0.15, -0.1) is 11.3 Å². The monoisotopic (exact) mass is 445 g/mol. The van der Waals surface area contributed by atoms with E-state index in [1.54, 1.807) is 17.7 Å². The third-order valence-electron chi connectivity index (χ3n) is 7.44. The fourth-order valence-electron chi connectivity index (χ4n) is 5.64. The highest BCUT2D eigenvalue weighted by atomic mass is 32.1. The van der Waals surface area contributed by atoms with Crippen molar-refractivity contribution in [2.24, 2.45) is 0 Å². The molecule has 0 amide bonds. The Morgan fingerprint density at radius 3 is 2.53 bits per heavy atom. The van der Waals surface area contributed by atoms with Crippen molar-refractivity contribution in [1.29, 1.82) is 0 Å². The van der Waals surface area contributed by atoms with Gasteiger partial charge in [0.05, 0.1) is 5.52 Å². The van der Waals surface area contributed by atoms with E-state index in [1.807, 2.05) is 23.5 Å². The van der Waals surface area contributed by atoms with Gasteiger partial charge in [0.2, 0.25) is 0 Å². The fraction of sp³-hybridized carbons (Fsp3) is 0.370. The molecule has 0 N–H and O–H groups in total. The molecule has 3 heterocycles. The van der Waals surface area contributed by atoms with Crippen LogP contribution >= 0.6 is 11.3 Å². The number of rotatable bonds is 3. The fourth-order valence-corrected chi connectivity index (χ4v) is 6.69. The topological polar surface area (TPSA) is 19.4 Å². The number of piperazine rings is 1. The van der Waals surface area contributed by atoms with Gasteiger partial charge < -0.3 is 4.90 Å². The van der Waals surface area contributed by atoms with Crippen LogP contribution in [-0.2, 0) is 0 Å². The summed E-state index contributed by atoms with van der Waals surface area (Å²) < 4.78 is 14.9. The van der Waals surface area contributed by atoms with Gasteiger partial charge in [0, 0.05) is 42.3 Å². The van der Waals surface area contributed by atoms with Crippen LogP contribution in [0.2, 0.25) is 0 Å². The number of halogens is 1. The van der Waals surface area contributed by atoms with Gasteiger partial charge in [-0.1, -0.05) is 18.2 Å². The molecule has 6 rings (SSSR count). The Labute approximate surface area is 192 Å². The van der Waals surface area contributed by atoms with Crippen molar-refractivity contribution in [1.82, 2.24) is 9.88 Å². The third kappa shape index (κ3) is 3.78. The molecule has 164 valence electrons. The standard InChI is InChI=1S/C27H28FN3S/c28-21-8-11-25-20(17-21)7-12-27(29-25)31-15-13-30(14-16-31)22-9-5-19(6-10-22)24-18-32-26-4-2-1-3-23(24)26/h1-4,7-8,11-12,17-19,22H,5-6,9-10,13-16H2. The number of fused-ring (bicyclic) bond motifs is 2.